The first-order valence-corrected chi connectivity index (χ1v) is 2.77. The molecule has 1 aromatic heterocycles. The molecule has 0 aliphatic rings. The monoisotopic (exact) mass is 131 g/mol. The summed E-state index contributed by atoms with van der Waals surface area (Å²) in [6.45, 7) is 1.74. The quantitative estimate of drug-likeness (QED) is 0.572. The van der Waals surface area contributed by atoms with Crippen LogP contribution in [0.25, 0.3) is 0 Å². The summed E-state index contributed by atoms with van der Waals surface area (Å²) in [7, 11) is 0. The predicted molar refractivity (Wildman–Crippen MR) is 35.0 cm³/mol. The number of hydrogen-bond donors (Lipinski definition) is 1. The van der Waals surface area contributed by atoms with Crippen molar-refractivity contribution < 1.29 is 0 Å². The maximum Gasteiger partial charge on any atom is 0.121 e. The maximum atomic E-state index is 8.45. The average Bonchev–Trinajstić information content (AvgIpc) is 2.30. The third kappa shape index (κ3) is 0.744. The zero-order chi connectivity index (χ0) is 7.56. The average molecular weight is 131 g/mol. The standard InChI is InChI=1S/C7H5N3/c1-5-6(2-8)4-10-7(5)3-9/h4,10H,1H3. The van der Waals surface area contributed by atoms with Crippen LogP contribution in [0, 0.1) is 29.6 Å². The molecule has 0 radical (unpaired) electrons. The molecular weight excluding hydrogens is 126 g/mol. The fourth-order valence-corrected chi connectivity index (χ4v) is 0.728. The minimum absolute atomic E-state index is 0.469. The van der Waals surface area contributed by atoms with Gasteiger partial charge in [0.05, 0.1) is 5.56 Å². The van der Waals surface area contributed by atoms with E-state index in [0.717, 1.165) is 5.56 Å². The van der Waals surface area contributed by atoms with Gasteiger partial charge in [0.1, 0.15) is 17.8 Å². The van der Waals surface area contributed by atoms with Gasteiger partial charge >= 0.3 is 0 Å². The summed E-state index contributed by atoms with van der Waals surface area (Å²) < 4.78 is 0. The topological polar surface area (TPSA) is 63.4 Å². The van der Waals surface area contributed by atoms with Crippen molar-refractivity contribution in [3.05, 3.63) is 23.0 Å². The van der Waals surface area contributed by atoms with Crippen molar-refractivity contribution in [1.29, 1.82) is 10.5 Å². The lowest BCUT2D eigenvalue weighted by atomic mass is 10.2. The molecule has 3 nitrogen and oxygen atoms in total. The van der Waals surface area contributed by atoms with Gasteiger partial charge in [-0.05, 0) is 6.92 Å². The summed E-state index contributed by atoms with van der Waals surface area (Å²) in [6.07, 6.45) is 1.54. The molecule has 0 saturated heterocycles. The summed E-state index contributed by atoms with van der Waals surface area (Å²) in [6, 6.07) is 3.91. The molecule has 48 valence electrons. The van der Waals surface area contributed by atoms with Gasteiger partial charge in [0.25, 0.3) is 0 Å². The van der Waals surface area contributed by atoms with Crippen LogP contribution in [0.3, 0.4) is 0 Å². The van der Waals surface area contributed by atoms with Gasteiger partial charge in [-0.15, -0.1) is 0 Å². The minimum Gasteiger partial charge on any atom is -0.352 e. The summed E-state index contributed by atoms with van der Waals surface area (Å²) in [4.78, 5) is 2.69. The van der Waals surface area contributed by atoms with Gasteiger partial charge in [-0.3, -0.25) is 0 Å². The Labute approximate surface area is 58.5 Å². The first kappa shape index (κ1) is 6.38. The molecule has 0 aliphatic heterocycles. The van der Waals surface area contributed by atoms with E-state index in [2.05, 4.69) is 4.98 Å². The minimum atomic E-state index is 0.469. The molecule has 1 N–H and O–H groups in total. The van der Waals surface area contributed by atoms with E-state index in [1.54, 1.807) is 6.92 Å². The Morgan fingerprint density at radius 1 is 1.40 bits per heavy atom. The van der Waals surface area contributed by atoms with E-state index >= 15 is 0 Å². The van der Waals surface area contributed by atoms with Gasteiger partial charge in [0.2, 0.25) is 0 Å². The van der Waals surface area contributed by atoms with E-state index < -0.39 is 0 Å². The van der Waals surface area contributed by atoms with Crippen LogP contribution in [0.1, 0.15) is 16.8 Å². The van der Waals surface area contributed by atoms with Crippen LogP contribution in [0.5, 0.6) is 0 Å². The van der Waals surface area contributed by atoms with Crippen molar-refractivity contribution in [2.75, 3.05) is 0 Å². The zero-order valence-electron chi connectivity index (χ0n) is 5.47. The molecule has 0 aliphatic carbocycles. The molecule has 0 fully saturated rings. The highest BCUT2D eigenvalue weighted by atomic mass is 14.7. The van der Waals surface area contributed by atoms with Gasteiger partial charge in [-0.2, -0.15) is 10.5 Å². The fourth-order valence-electron chi connectivity index (χ4n) is 0.728. The largest absolute Gasteiger partial charge is 0.352 e. The van der Waals surface area contributed by atoms with Crippen molar-refractivity contribution in [1.82, 2.24) is 4.98 Å². The number of nitrogens with one attached hydrogen (secondary N) is 1. The van der Waals surface area contributed by atoms with Crippen LogP contribution in [0.15, 0.2) is 6.20 Å². The van der Waals surface area contributed by atoms with Crippen LogP contribution in [0.2, 0.25) is 0 Å². The normalized spacial score (nSPS) is 8.30. The summed E-state index contributed by atoms with van der Waals surface area (Å²) in [5.41, 5.74) is 1.73. The molecule has 0 aromatic carbocycles. The molecule has 1 rings (SSSR count). The number of rotatable bonds is 0. The van der Waals surface area contributed by atoms with Crippen molar-refractivity contribution in [3.8, 4) is 12.1 Å². The Kier molecular flexibility index (Phi) is 1.43. The lowest BCUT2D eigenvalue weighted by Crippen LogP contribution is -1.76. The van der Waals surface area contributed by atoms with Gasteiger partial charge < -0.3 is 4.98 Å². The number of hydrogen-bond acceptors (Lipinski definition) is 2. The van der Waals surface area contributed by atoms with Crippen molar-refractivity contribution in [3.63, 3.8) is 0 Å². The molecule has 0 amide bonds. The van der Waals surface area contributed by atoms with Crippen LogP contribution in [0.4, 0.5) is 0 Å². The molecule has 3 heteroatoms. The van der Waals surface area contributed by atoms with E-state index in [4.69, 9.17) is 10.5 Å². The molecule has 0 saturated carbocycles. The highest BCUT2D eigenvalue weighted by molar-refractivity contribution is 5.43. The molecule has 1 aromatic rings. The molecule has 0 bridgehead atoms. The molecular formula is C7H5N3. The predicted octanol–water partition coefficient (Wildman–Crippen LogP) is 1.07. The Morgan fingerprint density at radius 2 is 2.10 bits per heavy atom. The van der Waals surface area contributed by atoms with Gasteiger partial charge in [0.15, 0.2) is 0 Å². The van der Waals surface area contributed by atoms with Crippen LogP contribution in [-0.2, 0) is 0 Å². The molecule has 0 spiro atoms. The Morgan fingerprint density at radius 3 is 2.40 bits per heavy atom. The third-order valence-electron chi connectivity index (χ3n) is 1.37. The Hall–Kier alpha value is -1.74. The van der Waals surface area contributed by atoms with E-state index in [9.17, 15) is 0 Å². The number of H-pyrrole nitrogens is 1. The molecule has 1 heterocycles. The summed E-state index contributed by atoms with van der Waals surface area (Å²) >= 11 is 0. The van der Waals surface area contributed by atoms with E-state index in [-0.39, 0.29) is 0 Å². The first-order valence-electron chi connectivity index (χ1n) is 2.77. The summed E-state index contributed by atoms with van der Waals surface area (Å²) in [5.74, 6) is 0. The fraction of sp³-hybridized carbons (Fsp3) is 0.143. The van der Waals surface area contributed by atoms with Crippen LogP contribution >= 0.6 is 0 Å². The lowest BCUT2D eigenvalue weighted by Gasteiger charge is -1.82. The van der Waals surface area contributed by atoms with Crippen LogP contribution < -0.4 is 0 Å². The number of aromatic nitrogens is 1. The van der Waals surface area contributed by atoms with Crippen molar-refractivity contribution in [2.24, 2.45) is 0 Å². The van der Waals surface area contributed by atoms with Gasteiger partial charge in [-0.1, -0.05) is 0 Å². The second-order valence-electron chi connectivity index (χ2n) is 1.93. The molecule has 0 atom stereocenters. The number of aromatic amines is 1. The smallest absolute Gasteiger partial charge is 0.121 e. The second kappa shape index (κ2) is 2.24. The van der Waals surface area contributed by atoms with Crippen molar-refractivity contribution >= 4 is 0 Å². The number of nitrogens with zero attached hydrogens (tertiary/aromatic N) is 2. The molecule has 0 unspecified atom stereocenters. The molecule has 10 heavy (non-hydrogen) atoms. The third-order valence-corrected chi connectivity index (χ3v) is 1.37. The van der Waals surface area contributed by atoms with E-state index in [0.29, 0.717) is 11.3 Å². The maximum absolute atomic E-state index is 8.45. The van der Waals surface area contributed by atoms with Crippen LogP contribution in [-0.4, -0.2) is 4.98 Å². The highest BCUT2D eigenvalue weighted by Crippen LogP contribution is 2.09. The van der Waals surface area contributed by atoms with Gasteiger partial charge in [0, 0.05) is 11.8 Å². The highest BCUT2D eigenvalue weighted by Gasteiger charge is 2.03. The zero-order valence-corrected chi connectivity index (χ0v) is 5.47. The first-order chi connectivity index (χ1) is 4.79. The Balaban J connectivity index is 3.28. The Bertz CT molecular complexity index is 290. The second-order valence-corrected chi connectivity index (χ2v) is 1.93. The lowest BCUT2D eigenvalue weighted by molar-refractivity contribution is 1.30. The van der Waals surface area contributed by atoms with Crippen molar-refractivity contribution in [2.45, 2.75) is 6.92 Å². The number of nitriles is 2. The van der Waals surface area contributed by atoms with E-state index in [1.807, 2.05) is 12.1 Å². The van der Waals surface area contributed by atoms with E-state index in [1.165, 1.54) is 6.20 Å². The van der Waals surface area contributed by atoms with Gasteiger partial charge in [-0.25, -0.2) is 0 Å². The SMILES string of the molecule is Cc1c(C#N)c[nH]c1C#N. The summed E-state index contributed by atoms with van der Waals surface area (Å²) in [5, 5.41) is 16.9.